The first kappa shape index (κ1) is 37.8. The Balaban J connectivity index is 1.46. The van der Waals surface area contributed by atoms with Gasteiger partial charge in [0.1, 0.15) is 6.04 Å². The highest BCUT2D eigenvalue weighted by atomic mass is 32.1. The lowest BCUT2D eigenvalue weighted by Crippen LogP contribution is -2.55. The zero-order valence-corrected chi connectivity index (χ0v) is 29.5. The van der Waals surface area contributed by atoms with Crippen LogP contribution in [0.1, 0.15) is 47.9 Å². The van der Waals surface area contributed by atoms with Crippen molar-refractivity contribution in [3.8, 4) is 0 Å². The number of thiazole rings is 1. The molecular weight excluding hydrogens is 657 g/mol. The number of aliphatic hydroxyl groups is 1. The van der Waals surface area contributed by atoms with Gasteiger partial charge in [-0.3, -0.25) is 4.79 Å². The highest BCUT2D eigenvalue weighted by Gasteiger charge is 2.31. The smallest absolute Gasteiger partial charge is 0.407 e. The second-order valence-electron chi connectivity index (χ2n) is 12.4. The van der Waals surface area contributed by atoms with Gasteiger partial charge in [-0.2, -0.15) is 0 Å². The van der Waals surface area contributed by atoms with Crippen LogP contribution in [0.15, 0.2) is 95.5 Å². The molecule has 50 heavy (non-hydrogen) atoms. The van der Waals surface area contributed by atoms with E-state index in [1.165, 1.54) is 22.4 Å². The molecule has 4 atom stereocenters. The molecule has 2 aromatic carbocycles. The average Bonchev–Trinajstić information content (AvgIpc) is 3.79. The maximum atomic E-state index is 13.8. The Hall–Kier alpha value is -5.01. The molecule has 266 valence electrons. The zero-order valence-electron chi connectivity index (χ0n) is 28.7. The summed E-state index contributed by atoms with van der Waals surface area (Å²) in [7, 11) is 1.65. The largest absolute Gasteiger partial charge is 0.441 e. The van der Waals surface area contributed by atoms with Crippen molar-refractivity contribution in [1.29, 1.82) is 0 Å². The van der Waals surface area contributed by atoms with Gasteiger partial charge in [0.25, 0.3) is 0 Å². The fraction of sp³-hybridized carbons (Fsp3) is 0.378. The summed E-state index contributed by atoms with van der Waals surface area (Å²) in [4.78, 5) is 46.0. The van der Waals surface area contributed by atoms with Gasteiger partial charge < -0.3 is 35.2 Å². The van der Waals surface area contributed by atoms with E-state index in [1.807, 2.05) is 79.9 Å². The van der Waals surface area contributed by atoms with Crippen molar-refractivity contribution in [1.82, 2.24) is 31.0 Å². The third-order valence-corrected chi connectivity index (χ3v) is 8.91. The number of urea groups is 1. The molecule has 4 amide bonds. The summed E-state index contributed by atoms with van der Waals surface area (Å²) in [6, 6.07) is 18.1. The molecule has 4 N–H and O–H groups in total. The summed E-state index contributed by atoms with van der Waals surface area (Å²) in [5, 5.41) is 26.8. The van der Waals surface area contributed by atoms with E-state index in [0.717, 1.165) is 21.8 Å². The molecule has 0 fully saturated rings. The Morgan fingerprint density at radius 1 is 1.00 bits per heavy atom. The summed E-state index contributed by atoms with van der Waals surface area (Å²) in [5.41, 5.74) is 2.61. The number of alkyl carbamates (subject to hydrolysis) is 1. The zero-order chi connectivity index (χ0) is 35.9. The van der Waals surface area contributed by atoms with E-state index < -0.39 is 36.4 Å². The number of benzene rings is 2. The maximum absolute atomic E-state index is 13.8. The molecule has 0 spiro atoms. The van der Waals surface area contributed by atoms with Crippen LogP contribution in [-0.2, 0) is 41.9 Å². The number of hydrogen-bond acceptors (Lipinski definition) is 9. The van der Waals surface area contributed by atoms with Gasteiger partial charge in [-0.15, -0.1) is 17.9 Å². The molecule has 2 aromatic heterocycles. The molecular formula is C37H46N6O6S. The van der Waals surface area contributed by atoms with E-state index in [-0.39, 0.29) is 31.4 Å². The van der Waals surface area contributed by atoms with E-state index in [0.29, 0.717) is 25.0 Å². The minimum absolute atomic E-state index is 0.107. The molecule has 2 heterocycles. The fourth-order valence-corrected chi connectivity index (χ4v) is 6.15. The number of hydrogen-bond donors (Lipinski definition) is 4. The van der Waals surface area contributed by atoms with Gasteiger partial charge in [-0.05, 0) is 36.3 Å². The lowest BCUT2D eigenvalue weighted by atomic mass is 9.93. The van der Waals surface area contributed by atoms with Gasteiger partial charge >= 0.3 is 12.1 Å². The maximum Gasteiger partial charge on any atom is 0.407 e. The van der Waals surface area contributed by atoms with E-state index in [9.17, 15) is 19.5 Å². The number of carbonyl (C=O) groups excluding carboxylic acids is 3. The number of aliphatic hydroxyl groups excluding tert-OH is 1. The SMILES string of the molecule is C=CCc1nc(CN(C)C(=O)N[C@H](C(=O)N[C@@H](Cc2ccccc2)C[C@H](O)[C@H](Cc2ccccc2)NC(=O)OCc2ccno2)C(C)C)cs1. The number of ether oxygens (including phenoxy) is 1. The van der Waals surface area contributed by atoms with E-state index >= 15 is 0 Å². The quantitative estimate of drug-likeness (QED) is 0.105. The highest BCUT2D eigenvalue weighted by Crippen LogP contribution is 2.16. The number of carbonyl (C=O) groups is 3. The topological polar surface area (TPSA) is 159 Å². The summed E-state index contributed by atoms with van der Waals surface area (Å²) < 4.78 is 10.3. The van der Waals surface area contributed by atoms with Crippen LogP contribution in [0.4, 0.5) is 9.59 Å². The van der Waals surface area contributed by atoms with Gasteiger partial charge in [0.05, 0.1) is 35.6 Å². The molecule has 12 nitrogen and oxygen atoms in total. The van der Waals surface area contributed by atoms with E-state index in [4.69, 9.17) is 9.26 Å². The first-order chi connectivity index (χ1) is 24.1. The summed E-state index contributed by atoms with van der Waals surface area (Å²) in [6.07, 6.45) is 2.92. The Morgan fingerprint density at radius 2 is 1.68 bits per heavy atom. The van der Waals surface area contributed by atoms with Crippen molar-refractivity contribution in [2.75, 3.05) is 7.05 Å². The van der Waals surface area contributed by atoms with Gasteiger partial charge in [-0.25, -0.2) is 14.6 Å². The predicted molar refractivity (Wildman–Crippen MR) is 191 cm³/mol. The Labute approximate surface area is 296 Å². The van der Waals surface area contributed by atoms with Crippen LogP contribution in [0.25, 0.3) is 0 Å². The van der Waals surface area contributed by atoms with Crippen LogP contribution in [0.2, 0.25) is 0 Å². The number of nitrogens with zero attached hydrogens (tertiary/aromatic N) is 3. The number of nitrogens with one attached hydrogen (secondary N) is 3. The van der Waals surface area contributed by atoms with Crippen LogP contribution in [0.5, 0.6) is 0 Å². The number of aromatic nitrogens is 2. The molecule has 0 radical (unpaired) electrons. The van der Waals surface area contributed by atoms with Crippen LogP contribution < -0.4 is 16.0 Å². The molecule has 0 saturated heterocycles. The Kier molecular flexibility index (Phi) is 14.6. The molecule has 0 aliphatic heterocycles. The van der Waals surface area contributed by atoms with Crippen LogP contribution in [-0.4, -0.2) is 69.5 Å². The average molecular weight is 703 g/mol. The van der Waals surface area contributed by atoms with Crippen molar-refractivity contribution in [3.05, 3.63) is 119 Å². The molecule has 0 unspecified atom stereocenters. The highest BCUT2D eigenvalue weighted by molar-refractivity contribution is 7.09. The number of allylic oxidation sites excluding steroid dienone is 1. The summed E-state index contributed by atoms with van der Waals surface area (Å²) in [5.74, 6) is -0.236. The van der Waals surface area contributed by atoms with Crippen molar-refractivity contribution < 1.29 is 28.8 Å². The minimum Gasteiger partial charge on any atom is -0.441 e. The van der Waals surface area contributed by atoms with Crippen molar-refractivity contribution >= 4 is 29.4 Å². The lowest BCUT2D eigenvalue weighted by Gasteiger charge is -2.30. The van der Waals surface area contributed by atoms with Crippen molar-refractivity contribution in [3.63, 3.8) is 0 Å². The molecule has 0 saturated carbocycles. The first-order valence-electron chi connectivity index (χ1n) is 16.6. The van der Waals surface area contributed by atoms with Crippen LogP contribution in [0, 0.1) is 5.92 Å². The van der Waals surface area contributed by atoms with Gasteiger partial charge in [-0.1, -0.05) is 85.7 Å². The Bertz CT molecular complexity index is 1630. The molecule has 4 rings (SSSR count). The molecule has 0 bridgehead atoms. The predicted octanol–water partition coefficient (Wildman–Crippen LogP) is 5.04. The molecule has 0 aliphatic rings. The number of amides is 4. The standard InChI is InChI=1S/C37H46N6O6S/c1-5-12-33-39-29(24-50-33)22-43(4)36(46)42-34(25(2)3)35(45)40-28(19-26-13-8-6-9-14-26)21-32(44)31(20-27-15-10-7-11-16-27)41-37(47)48-23-30-17-18-38-49-30/h5-11,13-18,24-25,28,31-32,34,44H,1,12,19-23H2,2-4H3,(H,40,45)(H,41,47)(H,42,46)/t28-,31-,32-,34-/m0/s1. The minimum atomic E-state index is -1.08. The summed E-state index contributed by atoms with van der Waals surface area (Å²) >= 11 is 1.51. The lowest BCUT2D eigenvalue weighted by molar-refractivity contribution is -0.124. The molecule has 4 aromatic rings. The van der Waals surface area contributed by atoms with Gasteiger partial charge in [0, 0.05) is 31.0 Å². The van der Waals surface area contributed by atoms with Crippen LogP contribution in [0.3, 0.4) is 0 Å². The van der Waals surface area contributed by atoms with Crippen LogP contribution >= 0.6 is 11.3 Å². The second-order valence-corrected chi connectivity index (χ2v) is 13.4. The van der Waals surface area contributed by atoms with Gasteiger partial charge in [0.2, 0.25) is 5.91 Å². The third kappa shape index (κ3) is 12.1. The van der Waals surface area contributed by atoms with Crippen molar-refractivity contribution in [2.24, 2.45) is 5.92 Å². The van der Waals surface area contributed by atoms with Crippen molar-refractivity contribution in [2.45, 2.75) is 76.9 Å². The number of rotatable bonds is 18. The second kappa shape index (κ2) is 19.2. The van der Waals surface area contributed by atoms with E-state index in [2.05, 4.69) is 32.7 Å². The monoisotopic (exact) mass is 702 g/mol. The molecule has 0 aliphatic carbocycles. The fourth-order valence-electron chi connectivity index (χ4n) is 5.37. The molecule has 13 heteroatoms. The third-order valence-electron chi connectivity index (χ3n) is 7.99. The van der Waals surface area contributed by atoms with Gasteiger partial charge in [0.15, 0.2) is 12.4 Å². The Morgan fingerprint density at radius 3 is 2.30 bits per heavy atom. The first-order valence-corrected chi connectivity index (χ1v) is 17.4. The van der Waals surface area contributed by atoms with E-state index in [1.54, 1.807) is 19.2 Å². The normalized spacial score (nSPS) is 13.5. The summed E-state index contributed by atoms with van der Waals surface area (Å²) in [6.45, 7) is 7.62.